The molecule has 0 bridgehead atoms. The molecule has 1 aliphatic heterocycles. The number of amides is 1. The number of carbonyl (C=O) groups is 1. The van der Waals surface area contributed by atoms with Crippen molar-refractivity contribution >= 4 is 38.9 Å². The van der Waals surface area contributed by atoms with Crippen molar-refractivity contribution in [1.29, 1.82) is 0 Å². The summed E-state index contributed by atoms with van der Waals surface area (Å²) in [4.78, 5) is 17.8. The highest BCUT2D eigenvalue weighted by molar-refractivity contribution is 7.89. The smallest absolute Gasteiger partial charge is 0.246 e. The van der Waals surface area contributed by atoms with Gasteiger partial charge >= 0.3 is 0 Å². The first kappa shape index (κ1) is 21.2. The molecule has 2 aromatic heterocycles. The number of pyridine rings is 1. The van der Waals surface area contributed by atoms with Gasteiger partial charge in [0.1, 0.15) is 10.0 Å². The molecule has 1 fully saturated rings. The van der Waals surface area contributed by atoms with Crippen molar-refractivity contribution < 1.29 is 13.2 Å². The third-order valence-corrected chi connectivity index (χ3v) is 8.28. The molecule has 9 heteroatoms. The van der Waals surface area contributed by atoms with Crippen molar-refractivity contribution in [3.05, 3.63) is 45.9 Å². The summed E-state index contributed by atoms with van der Waals surface area (Å²) in [6, 6.07) is 6.99. The fourth-order valence-electron chi connectivity index (χ4n) is 3.37. The van der Waals surface area contributed by atoms with Crippen molar-refractivity contribution in [3.63, 3.8) is 0 Å². The summed E-state index contributed by atoms with van der Waals surface area (Å²) in [6.07, 6.45) is 2.42. The maximum Gasteiger partial charge on any atom is 0.246 e. The van der Waals surface area contributed by atoms with E-state index in [4.69, 9.17) is 11.6 Å². The van der Waals surface area contributed by atoms with Crippen LogP contribution in [0.3, 0.4) is 0 Å². The minimum atomic E-state index is -3.70. The average Bonchev–Trinajstić information content (AvgIpc) is 3.20. The predicted molar refractivity (Wildman–Crippen MR) is 111 cm³/mol. The van der Waals surface area contributed by atoms with Crippen LogP contribution in [0.4, 0.5) is 0 Å². The molecule has 0 spiro atoms. The first-order valence-corrected chi connectivity index (χ1v) is 11.9. The lowest BCUT2D eigenvalue weighted by Gasteiger charge is -2.32. The number of piperidine rings is 1. The number of nitrogens with zero attached hydrogens (tertiary/aromatic N) is 2. The van der Waals surface area contributed by atoms with Gasteiger partial charge in [-0.25, -0.2) is 13.4 Å². The Bertz CT molecular complexity index is 908. The lowest BCUT2D eigenvalue weighted by molar-refractivity contribution is -0.127. The lowest BCUT2D eigenvalue weighted by Crippen LogP contribution is -2.44. The summed E-state index contributed by atoms with van der Waals surface area (Å²) in [5, 5.41) is 5.13. The molecule has 28 heavy (non-hydrogen) atoms. The molecule has 0 aromatic carbocycles. The molecule has 3 heterocycles. The minimum Gasteiger partial charge on any atom is -0.348 e. The van der Waals surface area contributed by atoms with Crippen LogP contribution < -0.4 is 5.32 Å². The Labute approximate surface area is 175 Å². The second kappa shape index (κ2) is 8.90. The topological polar surface area (TPSA) is 79.4 Å². The Morgan fingerprint density at radius 1 is 1.29 bits per heavy atom. The van der Waals surface area contributed by atoms with Crippen LogP contribution in [0.25, 0.3) is 0 Å². The third kappa shape index (κ3) is 4.56. The van der Waals surface area contributed by atoms with Gasteiger partial charge in [0.15, 0.2) is 0 Å². The second-order valence-corrected chi connectivity index (χ2v) is 10.5. The molecule has 1 N–H and O–H groups in total. The summed E-state index contributed by atoms with van der Waals surface area (Å²) >= 11 is 7.59. The maximum absolute atomic E-state index is 12.8. The van der Waals surface area contributed by atoms with Gasteiger partial charge in [0.05, 0.1) is 6.04 Å². The third-order valence-electron chi connectivity index (χ3n) is 4.98. The van der Waals surface area contributed by atoms with Gasteiger partial charge in [-0.3, -0.25) is 4.79 Å². The summed E-state index contributed by atoms with van der Waals surface area (Å²) in [6.45, 7) is 4.74. The van der Waals surface area contributed by atoms with Crippen molar-refractivity contribution in [2.24, 2.45) is 11.8 Å². The average molecular weight is 442 g/mol. The minimum absolute atomic E-state index is 0.0106. The molecule has 3 rings (SSSR count). The number of aromatic nitrogens is 1. The maximum atomic E-state index is 12.8. The van der Waals surface area contributed by atoms with Gasteiger partial charge in [-0.1, -0.05) is 31.5 Å². The van der Waals surface area contributed by atoms with E-state index in [-0.39, 0.29) is 46.9 Å². The van der Waals surface area contributed by atoms with E-state index in [0.29, 0.717) is 12.8 Å². The van der Waals surface area contributed by atoms with E-state index < -0.39 is 10.0 Å². The predicted octanol–water partition coefficient (Wildman–Crippen LogP) is 3.71. The Morgan fingerprint density at radius 3 is 2.57 bits per heavy atom. The molecule has 0 saturated carbocycles. The van der Waals surface area contributed by atoms with E-state index in [1.165, 1.54) is 16.6 Å². The van der Waals surface area contributed by atoms with Gasteiger partial charge in [0, 0.05) is 30.1 Å². The molecule has 0 aliphatic carbocycles. The molecule has 1 unspecified atom stereocenters. The second-order valence-electron chi connectivity index (χ2n) is 7.22. The normalized spacial score (nSPS) is 17.6. The molecule has 6 nitrogen and oxygen atoms in total. The van der Waals surface area contributed by atoms with Crippen LogP contribution in [-0.4, -0.2) is 36.7 Å². The molecule has 1 amide bonds. The molecular weight excluding hydrogens is 418 g/mol. The van der Waals surface area contributed by atoms with Crippen LogP contribution in [0.1, 0.15) is 37.6 Å². The fraction of sp³-hybridized carbons (Fsp3) is 0.474. The number of rotatable bonds is 6. The van der Waals surface area contributed by atoms with E-state index in [1.807, 2.05) is 17.5 Å². The Kier molecular flexibility index (Phi) is 6.75. The van der Waals surface area contributed by atoms with E-state index in [9.17, 15) is 13.2 Å². The molecule has 1 aliphatic rings. The molecule has 1 saturated heterocycles. The van der Waals surface area contributed by atoms with Crippen molar-refractivity contribution in [1.82, 2.24) is 14.6 Å². The highest BCUT2D eigenvalue weighted by Gasteiger charge is 2.34. The van der Waals surface area contributed by atoms with Gasteiger partial charge in [-0.05, 0) is 42.3 Å². The Morgan fingerprint density at radius 2 is 2.00 bits per heavy atom. The SMILES string of the molecule is CC(C)C(NC(=O)C1CCN(S(=O)(=O)c2cccnc2Cl)CC1)c1cccs1. The zero-order valence-corrected chi connectivity index (χ0v) is 18.2. The highest BCUT2D eigenvalue weighted by Crippen LogP contribution is 2.29. The van der Waals surface area contributed by atoms with Gasteiger partial charge in [-0.15, -0.1) is 11.3 Å². The first-order chi connectivity index (χ1) is 13.3. The molecule has 1 atom stereocenters. The van der Waals surface area contributed by atoms with E-state index in [1.54, 1.807) is 17.4 Å². The highest BCUT2D eigenvalue weighted by atomic mass is 35.5. The van der Waals surface area contributed by atoms with Crippen LogP contribution >= 0.6 is 22.9 Å². The van der Waals surface area contributed by atoms with Crippen molar-refractivity contribution in [2.45, 2.75) is 37.6 Å². The van der Waals surface area contributed by atoms with Crippen LogP contribution in [0.2, 0.25) is 5.15 Å². The van der Waals surface area contributed by atoms with Crippen LogP contribution in [-0.2, 0) is 14.8 Å². The van der Waals surface area contributed by atoms with Crippen LogP contribution in [0.5, 0.6) is 0 Å². The number of sulfonamides is 1. The molecule has 2 aromatic rings. The summed E-state index contributed by atoms with van der Waals surface area (Å²) in [7, 11) is -3.70. The Hall–Kier alpha value is -1.48. The number of hydrogen-bond donors (Lipinski definition) is 1. The molecule has 152 valence electrons. The van der Waals surface area contributed by atoms with E-state index >= 15 is 0 Å². The molecular formula is C19H24ClN3O3S2. The van der Waals surface area contributed by atoms with Gasteiger partial charge in [-0.2, -0.15) is 4.31 Å². The number of halogens is 1. The van der Waals surface area contributed by atoms with E-state index in [0.717, 1.165) is 4.88 Å². The largest absolute Gasteiger partial charge is 0.348 e. The van der Waals surface area contributed by atoms with Crippen molar-refractivity contribution in [3.8, 4) is 0 Å². The van der Waals surface area contributed by atoms with Gasteiger partial charge in [0.25, 0.3) is 0 Å². The zero-order chi connectivity index (χ0) is 20.3. The van der Waals surface area contributed by atoms with E-state index in [2.05, 4.69) is 24.1 Å². The Balaban J connectivity index is 1.63. The summed E-state index contributed by atoms with van der Waals surface area (Å²) in [5.74, 6) is 0.0661. The quantitative estimate of drug-likeness (QED) is 0.693. The number of nitrogens with one attached hydrogen (secondary N) is 1. The fourth-order valence-corrected chi connectivity index (χ4v) is 6.21. The standard InChI is InChI=1S/C19H24ClN3O3S2/c1-13(2)17(15-5-4-12-27-15)22-19(24)14-7-10-23(11-8-14)28(25,26)16-6-3-9-21-18(16)20/h3-6,9,12-14,17H,7-8,10-11H2,1-2H3,(H,22,24). The van der Waals surface area contributed by atoms with Crippen LogP contribution in [0, 0.1) is 11.8 Å². The van der Waals surface area contributed by atoms with Gasteiger partial charge in [0.2, 0.25) is 15.9 Å². The summed E-state index contributed by atoms with van der Waals surface area (Å²) in [5.41, 5.74) is 0. The van der Waals surface area contributed by atoms with Crippen molar-refractivity contribution in [2.75, 3.05) is 13.1 Å². The number of hydrogen-bond acceptors (Lipinski definition) is 5. The number of carbonyl (C=O) groups excluding carboxylic acids is 1. The summed E-state index contributed by atoms with van der Waals surface area (Å²) < 4.78 is 27.0. The zero-order valence-electron chi connectivity index (χ0n) is 15.8. The monoisotopic (exact) mass is 441 g/mol. The lowest BCUT2D eigenvalue weighted by atomic mass is 9.95. The van der Waals surface area contributed by atoms with Crippen LogP contribution in [0.15, 0.2) is 40.7 Å². The van der Waals surface area contributed by atoms with Gasteiger partial charge < -0.3 is 5.32 Å². The first-order valence-electron chi connectivity index (χ1n) is 9.25. The molecule has 0 radical (unpaired) electrons. The number of thiophene rings is 1.